The van der Waals surface area contributed by atoms with Crippen LogP contribution in [0.4, 0.5) is 10.3 Å². The van der Waals surface area contributed by atoms with Gasteiger partial charge in [0.1, 0.15) is 5.82 Å². The number of nitrogens with zero attached hydrogens (tertiary/aromatic N) is 3. The summed E-state index contributed by atoms with van der Waals surface area (Å²) >= 11 is 0. The Bertz CT molecular complexity index is 874. The average Bonchev–Trinajstić information content (AvgIpc) is 3.16. The van der Waals surface area contributed by atoms with Crippen LogP contribution in [0.5, 0.6) is 0 Å². The highest BCUT2D eigenvalue weighted by Gasteiger charge is 2.27. The molecule has 0 saturated carbocycles. The van der Waals surface area contributed by atoms with Crippen LogP contribution in [0, 0.1) is 5.82 Å². The second-order valence-corrected chi connectivity index (χ2v) is 6.47. The third-order valence-corrected chi connectivity index (χ3v) is 4.86. The summed E-state index contributed by atoms with van der Waals surface area (Å²) in [7, 11) is 0. The normalized spacial score (nSPS) is 16.8. The lowest BCUT2D eigenvalue weighted by Gasteiger charge is -2.28. The number of hydrogen-bond donors (Lipinski definition) is 1. The molecule has 1 aromatic carbocycles. The van der Waals surface area contributed by atoms with Crippen molar-refractivity contribution in [2.24, 2.45) is 0 Å². The van der Waals surface area contributed by atoms with Crippen LogP contribution < -0.4 is 10.5 Å². The van der Waals surface area contributed by atoms with Gasteiger partial charge >= 0.3 is 0 Å². The minimum Gasteiger partial charge on any atom is -0.342 e. The zero-order chi connectivity index (χ0) is 17.4. The first kappa shape index (κ1) is 15.8. The van der Waals surface area contributed by atoms with E-state index in [1.807, 2.05) is 0 Å². The van der Waals surface area contributed by atoms with Crippen molar-refractivity contribution in [1.82, 2.24) is 14.9 Å². The number of H-pyrrole nitrogens is 1. The molecule has 0 aliphatic carbocycles. The molecule has 3 heterocycles. The van der Waals surface area contributed by atoms with Gasteiger partial charge in [-0.3, -0.25) is 14.6 Å². The summed E-state index contributed by atoms with van der Waals surface area (Å²) in [6.07, 6.45) is 2.59. The first-order valence-corrected chi connectivity index (χ1v) is 8.54. The second-order valence-electron chi connectivity index (χ2n) is 6.47. The van der Waals surface area contributed by atoms with Gasteiger partial charge in [-0.1, -0.05) is 12.1 Å². The molecule has 0 unspecified atom stereocenters. The number of anilines is 1. The van der Waals surface area contributed by atoms with Crippen LogP contribution in [-0.2, 0) is 13.0 Å². The largest absolute Gasteiger partial charge is 0.342 e. The van der Waals surface area contributed by atoms with Crippen molar-refractivity contribution in [3.63, 3.8) is 0 Å². The SMILES string of the molecule is O=C(c1ccccc1F)N1CCc2c(nc(N3CCCC3)[nH]c2=O)C1. The summed E-state index contributed by atoms with van der Waals surface area (Å²) in [5.41, 5.74) is 1.16. The van der Waals surface area contributed by atoms with E-state index in [9.17, 15) is 14.0 Å². The van der Waals surface area contributed by atoms with E-state index in [4.69, 9.17) is 0 Å². The van der Waals surface area contributed by atoms with E-state index < -0.39 is 5.82 Å². The molecule has 1 amide bonds. The van der Waals surface area contributed by atoms with Gasteiger partial charge < -0.3 is 9.80 Å². The number of carbonyl (C=O) groups excluding carboxylic acids is 1. The van der Waals surface area contributed by atoms with E-state index in [2.05, 4.69) is 14.9 Å². The topological polar surface area (TPSA) is 69.3 Å². The summed E-state index contributed by atoms with van der Waals surface area (Å²) in [5.74, 6) is -0.329. The summed E-state index contributed by atoms with van der Waals surface area (Å²) in [5, 5.41) is 0. The molecule has 0 atom stereocenters. The van der Waals surface area contributed by atoms with Crippen LogP contribution in [0.3, 0.4) is 0 Å². The molecule has 1 saturated heterocycles. The maximum absolute atomic E-state index is 13.9. The van der Waals surface area contributed by atoms with Gasteiger partial charge in [0.2, 0.25) is 5.95 Å². The molecular formula is C18H19FN4O2. The zero-order valence-electron chi connectivity index (χ0n) is 13.8. The number of amides is 1. The molecule has 7 heteroatoms. The number of hydrogen-bond acceptors (Lipinski definition) is 4. The highest BCUT2D eigenvalue weighted by molar-refractivity contribution is 5.94. The Morgan fingerprint density at radius 2 is 1.92 bits per heavy atom. The highest BCUT2D eigenvalue weighted by Crippen LogP contribution is 2.21. The Balaban J connectivity index is 1.63. The number of fused-ring (bicyclic) bond motifs is 1. The van der Waals surface area contributed by atoms with Crippen LogP contribution >= 0.6 is 0 Å². The minimum atomic E-state index is -0.532. The van der Waals surface area contributed by atoms with Gasteiger partial charge in [0.15, 0.2) is 0 Å². The molecule has 0 bridgehead atoms. The molecule has 2 aromatic rings. The quantitative estimate of drug-likeness (QED) is 0.902. The lowest BCUT2D eigenvalue weighted by Crippen LogP contribution is -2.40. The van der Waals surface area contributed by atoms with Gasteiger partial charge in [-0.15, -0.1) is 0 Å². The van der Waals surface area contributed by atoms with E-state index >= 15 is 0 Å². The van der Waals surface area contributed by atoms with Crippen molar-refractivity contribution in [3.05, 3.63) is 57.3 Å². The fourth-order valence-corrected chi connectivity index (χ4v) is 3.48. The molecule has 25 heavy (non-hydrogen) atoms. The maximum Gasteiger partial charge on any atom is 0.257 e. The first-order valence-electron chi connectivity index (χ1n) is 8.54. The van der Waals surface area contributed by atoms with Crippen LogP contribution in [-0.4, -0.2) is 40.4 Å². The van der Waals surface area contributed by atoms with Crippen molar-refractivity contribution >= 4 is 11.9 Å². The van der Waals surface area contributed by atoms with Crippen molar-refractivity contribution in [3.8, 4) is 0 Å². The lowest BCUT2D eigenvalue weighted by molar-refractivity contribution is 0.0726. The first-order chi connectivity index (χ1) is 12.1. The number of nitrogens with one attached hydrogen (secondary N) is 1. The Labute approximate surface area is 144 Å². The van der Waals surface area contributed by atoms with Gasteiger partial charge in [-0.25, -0.2) is 9.37 Å². The Morgan fingerprint density at radius 1 is 1.16 bits per heavy atom. The number of aromatic amines is 1. The minimum absolute atomic E-state index is 0.0514. The molecule has 1 fully saturated rings. The van der Waals surface area contributed by atoms with Gasteiger partial charge in [0, 0.05) is 25.2 Å². The average molecular weight is 342 g/mol. The Morgan fingerprint density at radius 3 is 2.68 bits per heavy atom. The molecule has 6 nitrogen and oxygen atoms in total. The number of benzene rings is 1. The van der Waals surface area contributed by atoms with E-state index in [0.29, 0.717) is 30.2 Å². The van der Waals surface area contributed by atoms with E-state index in [1.54, 1.807) is 17.0 Å². The zero-order valence-corrected chi connectivity index (χ0v) is 13.8. The summed E-state index contributed by atoms with van der Waals surface area (Å²) in [6, 6.07) is 5.96. The van der Waals surface area contributed by atoms with Crippen LogP contribution in [0.15, 0.2) is 29.1 Å². The van der Waals surface area contributed by atoms with E-state index in [-0.39, 0.29) is 23.6 Å². The van der Waals surface area contributed by atoms with Gasteiger partial charge in [0.25, 0.3) is 11.5 Å². The molecule has 0 spiro atoms. The third kappa shape index (κ3) is 2.90. The maximum atomic E-state index is 13.9. The van der Waals surface area contributed by atoms with E-state index in [0.717, 1.165) is 25.9 Å². The number of aromatic nitrogens is 2. The fraction of sp³-hybridized carbons (Fsp3) is 0.389. The molecule has 4 rings (SSSR count). The summed E-state index contributed by atoms with van der Waals surface area (Å²) in [6.45, 7) is 2.36. The number of halogens is 1. The number of rotatable bonds is 2. The van der Waals surface area contributed by atoms with Crippen LogP contribution in [0.1, 0.15) is 34.5 Å². The van der Waals surface area contributed by atoms with Crippen molar-refractivity contribution in [2.75, 3.05) is 24.5 Å². The molecular weight excluding hydrogens is 323 g/mol. The molecule has 1 N–H and O–H groups in total. The summed E-state index contributed by atoms with van der Waals surface area (Å²) < 4.78 is 13.9. The monoisotopic (exact) mass is 342 g/mol. The van der Waals surface area contributed by atoms with Crippen LogP contribution in [0.2, 0.25) is 0 Å². The summed E-state index contributed by atoms with van der Waals surface area (Å²) in [4.78, 5) is 36.0. The molecule has 2 aliphatic heterocycles. The number of carbonyl (C=O) groups is 1. The molecule has 0 radical (unpaired) electrons. The molecule has 130 valence electrons. The fourth-order valence-electron chi connectivity index (χ4n) is 3.48. The standard InChI is InChI=1S/C18H19FN4O2/c19-14-6-2-1-5-12(14)17(25)23-10-7-13-15(11-23)20-18(21-16(13)24)22-8-3-4-9-22/h1-2,5-6H,3-4,7-11H2,(H,20,21,24). The smallest absolute Gasteiger partial charge is 0.257 e. The third-order valence-electron chi connectivity index (χ3n) is 4.86. The highest BCUT2D eigenvalue weighted by atomic mass is 19.1. The van der Waals surface area contributed by atoms with Crippen LogP contribution in [0.25, 0.3) is 0 Å². The lowest BCUT2D eigenvalue weighted by atomic mass is 10.1. The Kier molecular flexibility index (Phi) is 3.99. The van der Waals surface area contributed by atoms with Gasteiger partial charge in [0.05, 0.1) is 17.8 Å². The van der Waals surface area contributed by atoms with Crippen molar-refractivity contribution in [2.45, 2.75) is 25.8 Å². The van der Waals surface area contributed by atoms with Crippen molar-refractivity contribution in [1.29, 1.82) is 0 Å². The van der Waals surface area contributed by atoms with E-state index in [1.165, 1.54) is 12.1 Å². The van der Waals surface area contributed by atoms with Gasteiger partial charge in [-0.05, 0) is 31.4 Å². The predicted molar refractivity (Wildman–Crippen MR) is 91.1 cm³/mol. The second kappa shape index (κ2) is 6.31. The Hall–Kier alpha value is -2.70. The molecule has 1 aromatic heterocycles. The molecule has 2 aliphatic rings. The predicted octanol–water partition coefficient (Wildman–Crippen LogP) is 1.71. The van der Waals surface area contributed by atoms with Gasteiger partial charge in [-0.2, -0.15) is 0 Å². The van der Waals surface area contributed by atoms with Crippen molar-refractivity contribution < 1.29 is 9.18 Å².